The second kappa shape index (κ2) is 7.15. The predicted molar refractivity (Wildman–Crippen MR) is 94.5 cm³/mol. The van der Waals surface area contributed by atoms with Crippen molar-refractivity contribution in [2.24, 2.45) is 0 Å². The van der Waals surface area contributed by atoms with Crippen molar-refractivity contribution < 1.29 is 33.8 Å². The maximum absolute atomic E-state index is 10.6. The highest BCUT2D eigenvalue weighted by atomic mass is 17.2. The van der Waals surface area contributed by atoms with Crippen LogP contribution in [0.15, 0.2) is 30.3 Å². The molecule has 8 heteroatoms. The van der Waals surface area contributed by atoms with Crippen molar-refractivity contribution >= 4 is 0 Å². The third kappa shape index (κ3) is 2.91. The fourth-order valence-electron chi connectivity index (χ4n) is 3.67. The first kappa shape index (κ1) is 17.7. The minimum absolute atomic E-state index is 0.154. The fourth-order valence-corrected chi connectivity index (χ4v) is 3.67. The molecule has 2 aliphatic heterocycles. The second-order valence-electron chi connectivity index (χ2n) is 6.17. The number of hydrogen-bond acceptors (Lipinski definition) is 8. The summed E-state index contributed by atoms with van der Waals surface area (Å²) < 4.78 is 22.3. The van der Waals surface area contributed by atoms with Crippen LogP contribution in [0.25, 0.3) is 0 Å². The van der Waals surface area contributed by atoms with Gasteiger partial charge in [-0.1, -0.05) is 12.1 Å². The molecule has 2 N–H and O–H groups in total. The molecule has 2 aliphatic rings. The molecular weight excluding hydrogens is 354 g/mol. The van der Waals surface area contributed by atoms with E-state index in [4.69, 9.17) is 28.7 Å². The molecule has 2 aromatic carbocycles. The Hall–Kier alpha value is -2.68. The monoisotopic (exact) mass is 375 g/mol. The lowest BCUT2D eigenvalue weighted by Crippen LogP contribution is -2.48. The van der Waals surface area contributed by atoms with E-state index < -0.39 is 12.3 Å². The summed E-state index contributed by atoms with van der Waals surface area (Å²) in [6, 6.07) is 8.70. The van der Waals surface area contributed by atoms with Gasteiger partial charge < -0.3 is 34.3 Å². The Balaban J connectivity index is 1.90. The molecular formula is C19H21NO7. The van der Waals surface area contributed by atoms with E-state index in [9.17, 15) is 5.11 Å². The Morgan fingerprint density at radius 3 is 2.56 bits per heavy atom. The lowest BCUT2D eigenvalue weighted by Gasteiger charge is -2.37. The Bertz CT molecular complexity index is 841. The van der Waals surface area contributed by atoms with E-state index in [0.29, 0.717) is 28.7 Å². The predicted octanol–water partition coefficient (Wildman–Crippen LogP) is 1.79. The highest BCUT2D eigenvalue weighted by molar-refractivity contribution is 5.59. The third-order valence-electron chi connectivity index (χ3n) is 4.81. The summed E-state index contributed by atoms with van der Waals surface area (Å²) in [4.78, 5) is 10.0. The molecule has 0 radical (unpaired) electrons. The molecule has 0 saturated heterocycles. The summed E-state index contributed by atoms with van der Waals surface area (Å²) in [7, 11) is 4.76. The number of fused-ring (bicyclic) bond motifs is 2. The van der Waals surface area contributed by atoms with Crippen LogP contribution in [0.2, 0.25) is 0 Å². The van der Waals surface area contributed by atoms with Gasteiger partial charge in [0.1, 0.15) is 5.75 Å². The van der Waals surface area contributed by atoms with Crippen LogP contribution < -0.4 is 29.2 Å². The number of ether oxygens (including phenoxy) is 4. The first-order chi connectivity index (χ1) is 13.2. The van der Waals surface area contributed by atoms with Gasteiger partial charge in [0, 0.05) is 23.1 Å². The van der Waals surface area contributed by atoms with Crippen LogP contribution in [-0.4, -0.2) is 45.5 Å². The van der Waals surface area contributed by atoms with E-state index in [1.54, 1.807) is 26.3 Å². The normalized spacial score (nSPS) is 22.7. The van der Waals surface area contributed by atoms with Gasteiger partial charge in [0.15, 0.2) is 17.2 Å². The van der Waals surface area contributed by atoms with Crippen LogP contribution in [0.5, 0.6) is 28.7 Å². The van der Waals surface area contributed by atoms with E-state index in [1.165, 1.54) is 7.11 Å². The first-order valence-electron chi connectivity index (χ1n) is 8.51. The molecule has 0 spiro atoms. The topological polar surface area (TPSA) is 87.6 Å². The summed E-state index contributed by atoms with van der Waals surface area (Å²) in [5, 5.41) is 13.7. The van der Waals surface area contributed by atoms with Crippen molar-refractivity contribution in [2.75, 3.05) is 28.1 Å². The van der Waals surface area contributed by atoms with E-state index in [1.807, 2.05) is 18.2 Å². The first-order valence-corrected chi connectivity index (χ1v) is 8.51. The summed E-state index contributed by atoms with van der Waals surface area (Å²) in [5.74, 6) is 2.42. The number of benzene rings is 2. The molecule has 0 amide bonds. The smallest absolute Gasteiger partial charge is 0.231 e. The lowest BCUT2D eigenvalue weighted by molar-refractivity contribution is -0.179. The quantitative estimate of drug-likeness (QED) is 0.604. The van der Waals surface area contributed by atoms with Gasteiger partial charge in [-0.05, 0) is 19.2 Å². The van der Waals surface area contributed by atoms with Crippen LogP contribution in [-0.2, 0) is 4.89 Å². The molecule has 0 aromatic heterocycles. The van der Waals surface area contributed by atoms with Gasteiger partial charge in [0.2, 0.25) is 18.8 Å². The van der Waals surface area contributed by atoms with Gasteiger partial charge in [-0.15, -0.1) is 0 Å². The van der Waals surface area contributed by atoms with Gasteiger partial charge >= 0.3 is 0 Å². The van der Waals surface area contributed by atoms with Gasteiger partial charge in [-0.25, -0.2) is 0 Å². The number of aliphatic hydroxyl groups excluding tert-OH is 1. The molecule has 8 nitrogen and oxygen atoms in total. The van der Waals surface area contributed by atoms with Crippen LogP contribution in [0, 0.1) is 0 Å². The Kier molecular flexibility index (Phi) is 4.69. The Morgan fingerprint density at radius 2 is 1.85 bits per heavy atom. The molecule has 27 heavy (non-hydrogen) atoms. The largest absolute Gasteiger partial charge is 0.492 e. The maximum atomic E-state index is 10.6. The van der Waals surface area contributed by atoms with Crippen LogP contribution >= 0.6 is 0 Å². The minimum atomic E-state index is -1.07. The summed E-state index contributed by atoms with van der Waals surface area (Å²) in [6.07, 6.45) is -1.07. The van der Waals surface area contributed by atoms with E-state index >= 15 is 0 Å². The van der Waals surface area contributed by atoms with Crippen molar-refractivity contribution in [2.45, 2.75) is 18.2 Å². The maximum Gasteiger partial charge on any atom is 0.231 e. The zero-order chi connectivity index (χ0) is 19.0. The number of methoxy groups -OCH3 is 1. The van der Waals surface area contributed by atoms with Crippen molar-refractivity contribution in [1.82, 2.24) is 5.32 Å². The van der Waals surface area contributed by atoms with E-state index in [-0.39, 0.29) is 12.7 Å². The Labute approximate surface area is 156 Å². The zero-order valence-electron chi connectivity index (χ0n) is 15.2. The van der Waals surface area contributed by atoms with Crippen molar-refractivity contribution in [1.29, 1.82) is 0 Å². The molecule has 0 fully saturated rings. The molecule has 144 valence electrons. The third-order valence-corrected chi connectivity index (χ3v) is 4.81. The molecule has 3 unspecified atom stereocenters. The molecule has 0 aliphatic carbocycles. The van der Waals surface area contributed by atoms with Gasteiger partial charge in [-0.3, -0.25) is 0 Å². The van der Waals surface area contributed by atoms with Crippen molar-refractivity contribution in [3.05, 3.63) is 41.5 Å². The zero-order valence-corrected chi connectivity index (χ0v) is 15.2. The van der Waals surface area contributed by atoms with Crippen molar-refractivity contribution in [3.63, 3.8) is 0 Å². The molecule has 4 rings (SSSR count). The summed E-state index contributed by atoms with van der Waals surface area (Å²) in [6.45, 7) is 0.154. The minimum Gasteiger partial charge on any atom is -0.492 e. The number of hydrogen-bond donors (Lipinski definition) is 2. The summed E-state index contributed by atoms with van der Waals surface area (Å²) in [5.41, 5.74) is 1.66. The molecule has 2 aromatic rings. The lowest BCUT2D eigenvalue weighted by atomic mass is 9.81. The highest BCUT2D eigenvalue weighted by Crippen LogP contribution is 2.49. The molecule has 2 heterocycles. The molecule has 0 saturated carbocycles. The van der Waals surface area contributed by atoms with E-state index in [2.05, 4.69) is 5.32 Å². The number of aliphatic hydroxyl groups is 1. The summed E-state index contributed by atoms with van der Waals surface area (Å²) >= 11 is 0. The highest BCUT2D eigenvalue weighted by Gasteiger charge is 2.41. The van der Waals surface area contributed by atoms with Gasteiger partial charge in [0.05, 0.1) is 20.3 Å². The van der Waals surface area contributed by atoms with Crippen LogP contribution in [0.3, 0.4) is 0 Å². The number of para-hydroxylation sites is 1. The fraction of sp³-hybridized carbons (Fsp3) is 0.368. The number of rotatable bonds is 5. The van der Waals surface area contributed by atoms with Crippen LogP contribution in [0.4, 0.5) is 0 Å². The SMILES string of the molecule is CNC1C(O)Oc2cc3c(cc2C1c1cccc(OOC)c1OC)OCO3. The van der Waals surface area contributed by atoms with E-state index in [0.717, 1.165) is 11.1 Å². The average Bonchev–Trinajstić information content (AvgIpc) is 3.12. The number of likely N-dealkylation sites (N-methyl/N-ethyl adjacent to an activating group) is 1. The standard InChI is InChI=1S/C19H21NO7/c1-20-17-16(10-5-4-6-12(27-23-3)18(10)22-2)11-7-14-15(25-9-24-14)8-13(11)26-19(17)21/h4-8,16-17,19-21H,9H2,1-3H3. The molecule has 0 bridgehead atoms. The van der Waals surface area contributed by atoms with Crippen LogP contribution in [0.1, 0.15) is 17.0 Å². The second-order valence-corrected chi connectivity index (χ2v) is 6.17. The number of nitrogens with one attached hydrogen (secondary N) is 1. The average molecular weight is 375 g/mol. The van der Waals surface area contributed by atoms with Gasteiger partial charge in [-0.2, -0.15) is 4.89 Å². The Morgan fingerprint density at radius 1 is 1.07 bits per heavy atom. The molecule has 3 atom stereocenters. The van der Waals surface area contributed by atoms with Crippen molar-refractivity contribution in [3.8, 4) is 28.7 Å². The van der Waals surface area contributed by atoms with Gasteiger partial charge in [0.25, 0.3) is 0 Å².